The highest BCUT2D eigenvalue weighted by atomic mass is 32.2. The van der Waals surface area contributed by atoms with Crippen LogP contribution in [0.3, 0.4) is 0 Å². The molecule has 0 atom stereocenters. The number of carbonyl (C=O) groups excluding carboxylic acids is 3. The second-order valence-electron chi connectivity index (χ2n) is 5.15. The molecule has 3 rings (SSSR count). The van der Waals surface area contributed by atoms with E-state index in [1.54, 1.807) is 6.92 Å². The van der Waals surface area contributed by atoms with Crippen LogP contribution >= 0.6 is 11.8 Å². The van der Waals surface area contributed by atoms with E-state index in [1.165, 1.54) is 0 Å². The third kappa shape index (κ3) is 3.33. The van der Waals surface area contributed by atoms with Crippen molar-refractivity contribution in [3.8, 4) is 11.5 Å². The van der Waals surface area contributed by atoms with E-state index in [0.717, 1.165) is 22.2 Å². The molecule has 1 N–H and O–H groups in total. The van der Waals surface area contributed by atoms with Gasteiger partial charge in [-0.15, -0.1) is 0 Å². The minimum Gasteiger partial charge on any atom is -0.441 e. The lowest BCUT2D eigenvalue weighted by Gasteiger charge is -2.12. The lowest BCUT2D eigenvalue weighted by Crippen LogP contribution is -2.37. The van der Waals surface area contributed by atoms with E-state index in [0.29, 0.717) is 11.7 Å². The Morgan fingerprint density at radius 3 is 2.75 bits per heavy atom. The summed E-state index contributed by atoms with van der Waals surface area (Å²) in [6.07, 6.45) is 0. The number of nitrogens with one attached hydrogen (secondary N) is 1. The van der Waals surface area contributed by atoms with Crippen LogP contribution in [0.25, 0.3) is 11.5 Å². The molecule has 0 radical (unpaired) electrons. The van der Waals surface area contributed by atoms with Gasteiger partial charge in [-0.1, -0.05) is 30.0 Å². The van der Waals surface area contributed by atoms with Crippen LogP contribution in [0.5, 0.6) is 0 Å². The van der Waals surface area contributed by atoms with Crippen molar-refractivity contribution < 1.29 is 18.8 Å². The Labute approximate surface area is 142 Å². The number of aromatic nitrogens is 1. The minimum atomic E-state index is -0.398. The van der Waals surface area contributed by atoms with Crippen molar-refractivity contribution >= 4 is 28.8 Å². The zero-order valence-corrected chi connectivity index (χ0v) is 13.8. The fourth-order valence-corrected chi connectivity index (χ4v) is 3.03. The Morgan fingerprint density at radius 1 is 1.33 bits per heavy atom. The molecule has 0 spiro atoms. The van der Waals surface area contributed by atoms with Gasteiger partial charge in [0.2, 0.25) is 11.8 Å². The molecule has 2 aromatic rings. The van der Waals surface area contributed by atoms with Crippen molar-refractivity contribution in [2.24, 2.45) is 0 Å². The molecule has 0 saturated carbocycles. The number of aryl methyl sites for hydroxylation is 1. The van der Waals surface area contributed by atoms with Crippen LogP contribution in [0.15, 0.2) is 34.7 Å². The molecule has 7 nitrogen and oxygen atoms in total. The molecule has 2 heterocycles. The van der Waals surface area contributed by atoms with Crippen molar-refractivity contribution in [3.63, 3.8) is 0 Å². The maximum atomic E-state index is 12.2. The molecule has 0 bridgehead atoms. The first-order valence-electron chi connectivity index (χ1n) is 7.34. The lowest BCUT2D eigenvalue weighted by atomic mass is 10.2. The molecule has 8 heteroatoms. The maximum Gasteiger partial charge on any atom is 0.288 e. The largest absolute Gasteiger partial charge is 0.441 e. The molecule has 1 saturated heterocycles. The SMILES string of the molecule is Cc1oc(-c2ccccc2)nc1C(=O)NCCN1C(=O)CSC1=O. The van der Waals surface area contributed by atoms with Crippen molar-refractivity contribution in [2.75, 3.05) is 18.8 Å². The number of imide groups is 1. The van der Waals surface area contributed by atoms with E-state index in [2.05, 4.69) is 10.3 Å². The Hall–Kier alpha value is -2.61. The number of amides is 3. The first-order valence-corrected chi connectivity index (χ1v) is 8.33. The number of benzene rings is 1. The van der Waals surface area contributed by atoms with Crippen LogP contribution in [0.2, 0.25) is 0 Å². The number of nitrogens with zero attached hydrogens (tertiary/aromatic N) is 2. The quantitative estimate of drug-likeness (QED) is 0.892. The summed E-state index contributed by atoms with van der Waals surface area (Å²) in [6, 6.07) is 9.28. The van der Waals surface area contributed by atoms with E-state index < -0.39 is 5.91 Å². The fourth-order valence-electron chi connectivity index (χ4n) is 2.27. The smallest absolute Gasteiger partial charge is 0.288 e. The maximum absolute atomic E-state index is 12.2. The number of hydrogen-bond donors (Lipinski definition) is 1. The van der Waals surface area contributed by atoms with Crippen molar-refractivity contribution in [1.29, 1.82) is 0 Å². The second-order valence-corrected chi connectivity index (χ2v) is 6.07. The molecule has 0 unspecified atom stereocenters. The zero-order valence-electron chi connectivity index (χ0n) is 12.9. The summed E-state index contributed by atoms with van der Waals surface area (Å²) in [5.74, 6) is 0.318. The predicted molar refractivity (Wildman–Crippen MR) is 88.6 cm³/mol. The number of rotatable bonds is 5. The number of oxazole rings is 1. The van der Waals surface area contributed by atoms with Gasteiger partial charge in [0.15, 0.2) is 5.69 Å². The van der Waals surface area contributed by atoms with Crippen molar-refractivity contribution in [1.82, 2.24) is 15.2 Å². The van der Waals surface area contributed by atoms with Crippen LogP contribution in [0.1, 0.15) is 16.2 Å². The van der Waals surface area contributed by atoms with Gasteiger partial charge in [-0.05, 0) is 19.1 Å². The second kappa shape index (κ2) is 6.88. The molecule has 1 aliphatic heterocycles. The molecule has 1 aromatic heterocycles. The van der Waals surface area contributed by atoms with Crippen molar-refractivity contribution in [3.05, 3.63) is 41.8 Å². The van der Waals surface area contributed by atoms with Gasteiger partial charge < -0.3 is 9.73 Å². The molecule has 0 aliphatic carbocycles. The first kappa shape index (κ1) is 16.3. The Morgan fingerprint density at radius 2 is 2.08 bits per heavy atom. The Bertz CT molecular complexity index is 772. The molecule has 24 heavy (non-hydrogen) atoms. The molecular weight excluding hydrogens is 330 g/mol. The van der Waals surface area contributed by atoms with Gasteiger partial charge in [-0.2, -0.15) is 0 Å². The highest BCUT2D eigenvalue weighted by molar-refractivity contribution is 8.14. The summed E-state index contributed by atoms with van der Waals surface area (Å²) in [5.41, 5.74) is 0.979. The third-order valence-electron chi connectivity index (χ3n) is 3.49. The number of carbonyl (C=O) groups is 3. The predicted octanol–water partition coefficient (Wildman–Crippen LogP) is 2.08. The summed E-state index contributed by atoms with van der Waals surface area (Å²) < 4.78 is 5.54. The summed E-state index contributed by atoms with van der Waals surface area (Å²) >= 11 is 0.969. The van der Waals surface area contributed by atoms with Gasteiger partial charge in [0.05, 0.1) is 5.75 Å². The summed E-state index contributed by atoms with van der Waals surface area (Å²) in [4.78, 5) is 40.5. The van der Waals surface area contributed by atoms with Gasteiger partial charge >= 0.3 is 0 Å². The molecule has 124 valence electrons. The summed E-state index contributed by atoms with van der Waals surface area (Å²) in [5, 5.41) is 2.38. The molecule has 1 aromatic carbocycles. The topological polar surface area (TPSA) is 92.5 Å². The lowest BCUT2D eigenvalue weighted by molar-refractivity contribution is -0.124. The number of hydrogen-bond acceptors (Lipinski definition) is 6. The van der Waals surface area contributed by atoms with E-state index in [-0.39, 0.29) is 35.7 Å². The summed E-state index contributed by atoms with van der Waals surface area (Å²) in [6.45, 7) is 1.99. The van der Waals surface area contributed by atoms with E-state index in [1.807, 2.05) is 30.3 Å². The van der Waals surface area contributed by atoms with Gasteiger partial charge in [0.1, 0.15) is 5.76 Å². The average Bonchev–Trinajstić information content (AvgIpc) is 3.12. The highest BCUT2D eigenvalue weighted by Crippen LogP contribution is 2.21. The molecule has 1 aliphatic rings. The van der Waals surface area contributed by atoms with Crippen LogP contribution in [0.4, 0.5) is 4.79 Å². The van der Waals surface area contributed by atoms with Crippen LogP contribution in [0, 0.1) is 6.92 Å². The van der Waals surface area contributed by atoms with E-state index >= 15 is 0 Å². The number of thioether (sulfide) groups is 1. The Kier molecular flexibility index (Phi) is 4.66. The van der Waals surface area contributed by atoms with Gasteiger partial charge in [0, 0.05) is 18.7 Å². The van der Waals surface area contributed by atoms with E-state index in [4.69, 9.17) is 4.42 Å². The van der Waals surface area contributed by atoms with Crippen LogP contribution in [-0.2, 0) is 4.79 Å². The third-order valence-corrected chi connectivity index (χ3v) is 4.35. The first-order chi connectivity index (χ1) is 11.6. The highest BCUT2D eigenvalue weighted by Gasteiger charge is 2.29. The average molecular weight is 345 g/mol. The van der Waals surface area contributed by atoms with Gasteiger partial charge in [-0.25, -0.2) is 4.98 Å². The van der Waals surface area contributed by atoms with Crippen LogP contribution in [-0.4, -0.2) is 45.8 Å². The summed E-state index contributed by atoms with van der Waals surface area (Å²) in [7, 11) is 0. The fraction of sp³-hybridized carbons (Fsp3) is 0.250. The Balaban J connectivity index is 1.62. The van der Waals surface area contributed by atoms with Crippen LogP contribution < -0.4 is 5.32 Å². The molecule has 3 amide bonds. The standard InChI is InChI=1S/C16H15N3O4S/c1-10-13(18-15(23-10)11-5-3-2-4-6-11)14(21)17-7-8-19-12(20)9-24-16(19)22/h2-6H,7-9H2,1H3,(H,17,21). The normalized spacial score (nSPS) is 14.3. The van der Waals surface area contributed by atoms with Gasteiger partial charge in [-0.3, -0.25) is 19.3 Å². The minimum absolute atomic E-state index is 0.152. The zero-order chi connectivity index (χ0) is 17.1. The van der Waals surface area contributed by atoms with Gasteiger partial charge in [0.25, 0.3) is 11.1 Å². The van der Waals surface area contributed by atoms with E-state index in [9.17, 15) is 14.4 Å². The molecule has 1 fully saturated rings. The monoisotopic (exact) mass is 345 g/mol. The molecular formula is C16H15N3O4S. The van der Waals surface area contributed by atoms with Crippen molar-refractivity contribution in [2.45, 2.75) is 6.92 Å².